The normalized spacial score (nSPS) is 12.7. The second-order valence-electron chi connectivity index (χ2n) is 8.54. The van der Waals surface area contributed by atoms with E-state index < -0.39 is 5.97 Å². The summed E-state index contributed by atoms with van der Waals surface area (Å²) in [6.07, 6.45) is 4.08. The number of fused-ring (bicyclic) bond motifs is 1. The number of aryl methyl sites for hydroxylation is 1. The highest BCUT2D eigenvalue weighted by Gasteiger charge is 2.27. The summed E-state index contributed by atoms with van der Waals surface area (Å²) in [5.41, 5.74) is 3.11. The molecule has 190 valence electrons. The zero-order valence-corrected chi connectivity index (χ0v) is 21.8. The van der Waals surface area contributed by atoms with Gasteiger partial charge in [0.25, 0.3) is 0 Å². The number of carbonyl (C=O) groups is 2. The molecule has 2 aromatic heterocycles. The molecule has 4 aromatic rings. The standard InChI is InChI=1S/C27H25FN4O3S2/c1-35-26(34)23-20-9-5-6-10-21(20)37-25(23)29-22(33)15-16-36-27-31-30-24(17-11-13-18(28)14-12-17)32(27)19-7-3-2-4-8-19/h2-4,7-8,11-14H,5-6,9-10,15-16H2,1H3,(H,29,33). The van der Waals surface area contributed by atoms with Gasteiger partial charge in [0.1, 0.15) is 10.8 Å². The summed E-state index contributed by atoms with van der Waals surface area (Å²) in [7, 11) is 1.36. The number of aromatic nitrogens is 3. The predicted molar refractivity (Wildman–Crippen MR) is 143 cm³/mol. The van der Waals surface area contributed by atoms with E-state index in [1.165, 1.54) is 42.3 Å². The lowest BCUT2D eigenvalue weighted by atomic mass is 9.95. The second-order valence-corrected chi connectivity index (χ2v) is 10.7. The van der Waals surface area contributed by atoms with E-state index in [2.05, 4.69) is 15.5 Å². The summed E-state index contributed by atoms with van der Waals surface area (Å²) < 4.78 is 20.4. The Balaban J connectivity index is 1.31. The minimum absolute atomic E-state index is 0.180. The van der Waals surface area contributed by atoms with Gasteiger partial charge in [-0.3, -0.25) is 9.36 Å². The van der Waals surface area contributed by atoms with Crippen molar-refractivity contribution in [2.45, 2.75) is 37.3 Å². The van der Waals surface area contributed by atoms with E-state index in [0.29, 0.717) is 27.3 Å². The van der Waals surface area contributed by atoms with Gasteiger partial charge in [0.2, 0.25) is 5.91 Å². The summed E-state index contributed by atoms with van der Waals surface area (Å²) in [6.45, 7) is 0. The Kier molecular flexibility index (Phi) is 7.66. The smallest absolute Gasteiger partial charge is 0.341 e. The monoisotopic (exact) mass is 536 g/mol. The number of nitrogens with zero attached hydrogens (tertiary/aromatic N) is 3. The molecule has 37 heavy (non-hydrogen) atoms. The van der Waals surface area contributed by atoms with Crippen LogP contribution in [0.3, 0.4) is 0 Å². The van der Waals surface area contributed by atoms with Crippen molar-refractivity contribution in [2.24, 2.45) is 0 Å². The topological polar surface area (TPSA) is 86.1 Å². The first-order valence-electron chi connectivity index (χ1n) is 12.0. The van der Waals surface area contributed by atoms with Crippen LogP contribution in [0.5, 0.6) is 0 Å². The van der Waals surface area contributed by atoms with Gasteiger partial charge in [0, 0.05) is 28.3 Å². The second kappa shape index (κ2) is 11.3. The fourth-order valence-electron chi connectivity index (χ4n) is 4.36. The van der Waals surface area contributed by atoms with Crippen molar-refractivity contribution >= 4 is 40.0 Å². The average Bonchev–Trinajstić information content (AvgIpc) is 3.50. The van der Waals surface area contributed by atoms with Crippen molar-refractivity contribution in [1.29, 1.82) is 0 Å². The number of hydrogen-bond acceptors (Lipinski definition) is 7. The first-order chi connectivity index (χ1) is 18.0. The molecule has 1 amide bonds. The van der Waals surface area contributed by atoms with Crippen LogP contribution in [0, 0.1) is 5.82 Å². The SMILES string of the molecule is COC(=O)c1c(NC(=O)CCSc2nnc(-c3ccc(F)cc3)n2-c2ccccc2)sc2c1CCCC2. The van der Waals surface area contributed by atoms with Gasteiger partial charge in [-0.15, -0.1) is 21.5 Å². The minimum atomic E-state index is -0.409. The number of anilines is 1. The molecule has 7 nitrogen and oxygen atoms in total. The van der Waals surface area contributed by atoms with Crippen LogP contribution in [0.1, 0.15) is 40.1 Å². The zero-order valence-electron chi connectivity index (χ0n) is 20.2. The molecule has 1 aliphatic rings. The van der Waals surface area contributed by atoms with Crippen molar-refractivity contribution in [3.8, 4) is 17.1 Å². The molecular formula is C27H25FN4O3S2. The number of halogens is 1. The van der Waals surface area contributed by atoms with E-state index in [9.17, 15) is 14.0 Å². The summed E-state index contributed by atoms with van der Waals surface area (Å²) in [6, 6.07) is 15.8. The molecule has 0 bridgehead atoms. The third-order valence-electron chi connectivity index (χ3n) is 6.12. The van der Waals surface area contributed by atoms with Crippen LogP contribution < -0.4 is 5.32 Å². The van der Waals surface area contributed by atoms with Crippen molar-refractivity contribution in [3.05, 3.63) is 76.4 Å². The van der Waals surface area contributed by atoms with Gasteiger partial charge in [0.05, 0.1) is 12.7 Å². The van der Waals surface area contributed by atoms with E-state index in [4.69, 9.17) is 4.74 Å². The molecule has 1 aliphatic carbocycles. The zero-order chi connectivity index (χ0) is 25.8. The number of esters is 1. The molecule has 0 atom stereocenters. The van der Waals surface area contributed by atoms with Gasteiger partial charge < -0.3 is 10.1 Å². The van der Waals surface area contributed by atoms with Gasteiger partial charge in [-0.2, -0.15) is 0 Å². The van der Waals surface area contributed by atoms with Crippen LogP contribution in [0.4, 0.5) is 9.39 Å². The number of hydrogen-bond donors (Lipinski definition) is 1. The molecule has 0 saturated carbocycles. The highest BCUT2D eigenvalue weighted by atomic mass is 32.2. The molecule has 5 rings (SSSR count). The summed E-state index contributed by atoms with van der Waals surface area (Å²) in [5.74, 6) is 0.134. The van der Waals surface area contributed by atoms with E-state index >= 15 is 0 Å². The number of methoxy groups -OCH3 is 1. The highest BCUT2D eigenvalue weighted by Crippen LogP contribution is 2.38. The number of carbonyl (C=O) groups excluding carboxylic acids is 2. The van der Waals surface area contributed by atoms with E-state index in [1.807, 2.05) is 34.9 Å². The van der Waals surface area contributed by atoms with Crippen molar-refractivity contribution in [2.75, 3.05) is 18.2 Å². The van der Waals surface area contributed by atoms with Crippen LogP contribution in [0.25, 0.3) is 17.1 Å². The predicted octanol–water partition coefficient (Wildman–Crippen LogP) is 5.92. The Hall–Kier alpha value is -3.50. The van der Waals surface area contributed by atoms with E-state index in [1.54, 1.807) is 12.1 Å². The van der Waals surface area contributed by atoms with Crippen LogP contribution in [-0.2, 0) is 22.4 Å². The molecule has 10 heteroatoms. The molecular weight excluding hydrogens is 511 g/mol. The van der Waals surface area contributed by atoms with E-state index in [-0.39, 0.29) is 18.1 Å². The molecule has 2 aromatic carbocycles. The number of nitrogens with one attached hydrogen (secondary N) is 1. The first-order valence-corrected chi connectivity index (χ1v) is 13.8. The molecule has 1 N–H and O–H groups in total. The van der Waals surface area contributed by atoms with E-state index in [0.717, 1.165) is 47.4 Å². The van der Waals surface area contributed by atoms with Gasteiger partial charge >= 0.3 is 5.97 Å². The van der Waals surface area contributed by atoms with Crippen molar-refractivity contribution in [1.82, 2.24) is 14.8 Å². The molecule has 2 heterocycles. The Morgan fingerprint density at radius 3 is 2.59 bits per heavy atom. The number of thiophene rings is 1. The summed E-state index contributed by atoms with van der Waals surface area (Å²) >= 11 is 2.88. The van der Waals surface area contributed by atoms with Gasteiger partial charge in [0.15, 0.2) is 11.0 Å². The van der Waals surface area contributed by atoms with Crippen LogP contribution in [0.2, 0.25) is 0 Å². The van der Waals surface area contributed by atoms with Crippen LogP contribution >= 0.6 is 23.1 Å². The lowest BCUT2D eigenvalue weighted by Gasteiger charge is -2.12. The molecule has 0 aliphatic heterocycles. The maximum absolute atomic E-state index is 13.5. The maximum atomic E-state index is 13.5. The number of para-hydroxylation sites is 1. The third-order valence-corrected chi connectivity index (χ3v) is 8.26. The quantitative estimate of drug-likeness (QED) is 0.222. The molecule has 0 radical (unpaired) electrons. The number of ether oxygens (including phenoxy) is 1. The maximum Gasteiger partial charge on any atom is 0.341 e. The number of amides is 1. The highest BCUT2D eigenvalue weighted by molar-refractivity contribution is 7.99. The summed E-state index contributed by atoms with van der Waals surface area (Å²) in [4.78, 5) is 26.4. The number of thioether (sulfide) groups is 1. The lowest BCUT2D eigenvalue weighted by molar-refractivity contribution is -0.115. The number of rotatable bonds is 8. The Bertz CT molecular complexity index is 1420. The van der Waals surface area contributed by atoms with Gasteiger partial charge in [-0.25, -0.2) is 9.18 Å². The minimum Gasteiger partial charge on any atom is -0.465 e. The van der Waals surface area contributed by atoms with Crippen molar-refractivity contribution in [3.63, 3.8) is 0 Å². The van der Waals surface area contributed by atoms with Crippen LogP contribution in [-0.4, -0.2) is 39.5 Å². The third kappa shape index (κ3) is 5.45. The Morgan fingerprint density at radius 2 is 1.84 bits per heavy atom. The molecule has 0 unspecified atom stereocenters. The van der Waals surface area contributed by atoms with Crippen molar-refractivity contribution < 1.29 is 18.7 Å². The largest absolute Gasteiger partial charge is 0.465 e. The molecule has 0 spiro atoms. The molecule has 0 fully saturated rings. The van der Waals surface area contributed by atoms with Gasteiger partial charge in [-0.1, -0.05) is 30.0 Å². The first kappa shape index (κ1) is 25.2. The number of benzene rings is 2. The fourth-order valence-corrected chi connectivity index (χ4v) is 6.54. The average molecular weight is 537 g/mol. The molecule has 0 saturated heterocycles. The van der Waals surface area contributed by atoms with Crippen LogP contribution in [0.15, 0.2) is 59.8 Å². The Labute approximate surface area is 222 Å². The summed E-state index contributed by atoms with van der Waals surface area (Å²) in [5, 5.41) is 12.8. The lowest BCUT2D eigenvalue weighted by Crippen LogP contribution is -2.15. The fraction of sp³-hybridized carbons (Fsp3) is 0.259. The Morgan fingerprint density at radius 1 is 1.08 bits per heavy atom. The van der Waals surface area contributed by atoms with Gasteiger partial charge in [-0.05, 0) is 67.6 Å².